The van der Waals surface area contributed by atoms with Crippen molar-refractivity contribution in [3.8, 4) is 0 Å². The molecule has 0 aliphatic carbocycles. The molecule has 19 heavy (non-hydrogen) atoms. The molecule has 1 heterocycles. The quantitative estimate of drug-likeness (QED) is 0.831. The highest BCUT2D eigenvalue weighted by atomic mass is 32.2. The molecule has 2 rings (SSSR count). The fraction of sp³-hybridized carbons (Fsp3) is 0.357. The van der Waals surface area contributed by atoms with Crippen molar-refractivity contribution in [2.45, 2.75) is 19.4 Å². The first-order chi connectivity index (χ1) is 9.10. The van der Waals surface area contributed by atoms with Crippen LogP contribution in [0.2, 0.25) is 0 Å². The van der Waals surface area contributed by atoms with E-state index in [2.05, 4.69) is 11.6 Å². The number of thioether (sulfide) groups is 1. The van der Waals surface area contributed by atoms with Gasteiger partial charge in [0.05, 0.1) is 4.88 Å². The van der Waals surface area contributed by atoms with Crippen LogP contribution in [0.4, 0.5) is 5.69 Å². The van der Waals surface area contributed by atoms with E-state index in [1.807, 2.05) is 31.2 Å². The molecule has 3 N–H and O–H groups in total. The van der Waals surface area contributed by atoms with Crippen molar-refractivity contribution in [2.75, 3.05) is 17.7 Å². The molecule has 1 aromatic carbocycles. The van der Waals surface area contributed by atoms with E-state index in [0.29, 0.717) is 0 Å². The predicted octanol–water partition coefficient (Wildman–Crippen LogP) is 3.35. The van der Waals surface area contributed by atoms with Crippen LogP contribution in [0.3, 0.4) is 0 Å². The zero-order valence-electron chi connectivity index (χ0n) is 11.1. The Bertz CT molecular complexity index is 580. The summed E-state index contributed by atoms with van der Waals surface area (Å²) in [5.41, 5.74) is 6.47. The molecule has 0 bridgehead atoms. The normalized spacial score (nSPS) is 12.5. The Kier molecular flexibility index (Phi) is 4.71. The number of fused-ring (bicyclic) bond motifs is 1. The Labute approximate surface area is 121 Å². The van der Waals surface area contributed by atoms with Crippen LogP contribution in [-0.4, -0.2) is 24.0 Å². The average molecular weight is 294 g/mol. The van der Waals surface area contributed by atoms with Gasteiger partial charge < -0.3 is 11.1 Å². The fourth-order valence-electron chi connectivity index (χ4n) is 1.84. The van der Waals surface area contributed by atoms with Gasteiger partial charge in [-0.2, -0.15) is 11.8 Å². The third-order valence-corrected chi connectivity index (χ3v) is 4.66. The minimum absolute atomic E-state index is 0.00775. The summed E-state index contributed by atoms with van der Waals surface area (Å²) < 4.78 is 1.09. The number of amides is 1. The van der Waals surface area contributed by atoms with E-state index in [1.165, 1.54) is 11.3 Å². The molecule has 0 spiro atoms. The molecular formula is C14H18N2OS2. The number of nitrogens with two attached hydrogens (primary N) is 1. The summed E-state index contributed by atoms with van der Waals surface area (Å²) in [5, 5.41) is 4.07. The van der Waals surface area contributed by atoms with Gasteiger partial charge in [-0.3, -0.25) is 4.79 Å². The summed E-state index contributed by atoms with van der Waals surface area (Å²) in [6.45, 7) is 2.04. The Morgan fingerprint density at radius 2 is 2.26 bits per heavy atom. The van der Waals surface area contributed by atoms with Crippen molar-refractivity contribution < 1.29 is 4.79 Å². The first-order valence-corrected chi connectivity index (χ1v) is 8.40. The number of nitrogens with one attached hydrogen (secondary N) is 1. The number of rotatable bonds is 5. The number of hydrogen-bond donors (Lipinski definition) is 2. The second kappa shape index (κ2) is 6.30. The molecule has 0 saturated heterocycles. The lowest BCUT2D eigenvalue weighted by molar-refractivity contribution is 0.0943. The lowest BCUT2D eigenvalue weighted by Gasteiger charge is -2.11. The SMILES string of the molecule is CSCCC(C)NC(=O)c1cc2cc(N)ccc2s1. The molecule has 102 valence electrons. The first-order valence-electron chi connectivity index (χ1n) is 6.19. The minimum Gasteiger partial charge on any atom is -0.399 e. The molecule has 1 atom stereocenters. The molecule has 0 aliphatic rings. The molecule has 0 radical (unpaired) electrons. The molecular weight excluding hydrogens is 276 g/mol. The molecule has 3 nitrogen and oxygen atoms in total. The summed E-state index contributed by atoms with van der Waals surface area (Å²) in [7, 11) is 0. The van der Waals surface area contributed by atoms with E-state index < -0.39 is 0 Å². The maximum Gasteiger partial charge on any atom is 0.261 e. The van der Waals surface area contributed by atoms with E-state index in [0.717, 1.165) is 32.8 Å². The number of benzene rings is 1. The van der Waals surface area contributed by atoms with Gasteiger partial charge in [-0.15, -0.1) is 11.3 Å². The minimum atomic E-state index is 0.00775. The van der Waals surface area contributed by atoms with Gasteiger partial charge in [0.15, 0.2) is 0 Å². The van der Waals surface area contributed by atoms with Crippen LogP contribution in [0.25, 0.3) is 10.1 Å². The van der Waals surface area contributed by atoms with Crippen molar-refractivity contribution in [2.24, 2.45) is 0 Å². The van der Waals surface area contributed by atoms with Crippen LogP contribution < -0.4 is 11.1 Å². The summed E-state index contributed by atoms with van der Waals surface area (Å²) in [5.74, 6) is 1.07. The van der Waals surface area contributed by atoms with Crippen LogP contribution in [0.5, 0.6) is 0 Å². The fourth-order valence-corrected chi connectivity index (χ4v) is 3.37. The van der Waals surface area contributed by atoms with Crippen molar-refractivity contribution in [3.05, 3.63) is 29.1 Å². The second-order valence-corrected chi connectivity index (χ2v) is 6.63. The third-order valence-electron chi connectivity index (χ3n) is 2.90. The third kappa shape index (κ3) is 3.64. The molecule has 1 unspecified atom stereocenters. The Morgan fingerprint density at radius 1 is 1.47 bits per heavy atom. The highest BCUT2D eigenvalue weighted by molar-refractivity contribution is 7.98. The van der Waals surface area contributed by atoms with Gasteiger partial charge in [0.1, 0.15) is 0 Å². The van der Waals surface area contributed by atoms with Crippen molar-refractivity contribution in [1.82, 2.24) is 5.32 Å². The maximum absolute atomic E-state index is 12.1. The van der Waals surface area contributed by atoms with Crippen molar-refractivity contribution in [3.63, 3.8) is 0 Å². The maximum atomic E-state index is 12.1. The van der Waals surface area contributed by atoms with Crippen molar-refractivity contribution in [1.29, 1.82) is 0 Å². The summed E-state index contributed by atoms with van der Waals surface area (Å²) >= 11 is 3.30. The Morgan fingerprint density at radius 3 is 3.00 bits per heavy atom. The van der Waals surface area contributed by atoms with E-state index >= 15 is 0 Å². The topological polar surface area (TPSA) is 55.1 Å². The van der Waals surface area contributed by atoms with E-state index in [9.17, 15) is 4.79 Å². The zero-order valence-corrected chi connectivity index (χ0v) is 12.7. The first kappa shape index (κ1) is 14.2. The number of thiophene rings is 1. The number of nitrogen functional groups attached to an aromatic ring is 1. The standard InChI is InChI=1S/C14H18N2OS2/c1-9(5-6-18-2)16-14(17)13-8-10-7-11(15)3-4-12(10)19-13/h3-4,7-9H,5-6,15H2,1-2H3,(H,16,17). The van der Waals surface area contributed by atoms with Crippen LogP contribution in [0, 0.1) is 0 Å². The number of anilines is 1. The van der Waals surface area contributed by atoms with Crippen LogP contribution in [0.15, 0.2) is 24.3 Å². The smallest absolute Gasteiger partial charge is 0.261 e. The van der Waals surface area contributed by atoms with Gasteiger partial charge in [-0.05, 0) is 55.0 Å². The van der Waals surface area contributed by atoms with Gasteiger partial charge in [-0.1, -0.05) is 0 Å². The predicted molar refractivity (Wildman–Crippen MR) is 86.2 cm³/mol. The van der Waals surface area contributed by atoms with E-state index in [-0.39, 0.29) is 11.9 Å². The van der Waals surface area contributed by atoms with Gasteiger partial charge in [0.25, 0.3) is 5.91 Å². The van der Waals surface area contributed by atoms with Crippen LogP contribution in [-0.2, 0) is 0 Å². The molecule has 5 heteroatoms. The average Bonchev–Trinajstić information content (AvgIpc) is 2.79. The van der Waals surface area contributed by atoms with Gasteiger partial charge in [0.2, 0.25) is 0 Å². The highest BCUT2D eigenvalue weighted by Gasteiger charge is 2.12. The van der Waals surface area contributed by atoms with Crippen LogP contribution in [0.1, 0.15) is 23.0 Å². The van der Waals surface area contributed by atoms with Gasteiger partial charge >= 0.3 is 0 Å². The Balaban J connectivity index is 2.08. The molecule has 0 saturated carbocycles. The zero-order chi connectivity index (χ0) is 13.8. The number of carbonyl (C=O) groups is 1. The van der Waals surface area contributed by atoms with Crippen molar-refractivity contribution >= 4 is 44.8 Å². The van der Waals surface area contributed by atoms with Gasteiger partial charge in [-0.25, -0.2) is 0 Å². The Hall–Kier alpha value is -1.20. The molecule has 0 fully saturated rings. The highest BCUT2D eigenvalue weighted by Crippen LogP contribution is 2.27. The largest absolute Gasteiger partial charge is 0.399 e. The number of hydrogen-bond acceptors (Lipinski definition) is 4. The molecule has 0 aliphatic heterocycles. The lowest BCUT2D eigenvalue weighted by atomic mass is 10.2. The molecule has 2 aromatic rings. The van der Waals surface area contributed by atoms with Gasteiger partial charge in [0, 0.05) is 16.4 Å². The summed E-state index contributed by atoms with van der Waals surface area (Å²) in [4.78, 5) is 12.9. The summed E-state index contributed by atoms with van der Waals surface area (Å²) in [6, 6.07) is 7.84. The van der Waals surface area contributed by atoms with E-state index in [1.54, 1.807) is 11.8 Å². The monoisotopic (exact) mass is 294 g/mol. The number of carbonyl (C=O) groups excluding carboxylic acids is 1. The summed E-state index contributed by atoms with van der Waals surface area (Å²) in [6.07, 6.45) is 3.07. The second-order valence-electron chi connectivity index (χ2n) is 4.56. The molecule has 1 aromatic heterocycles. The lowest BCUT2D eigenvalue weighted by Crippen LogP contribution is -2.32. The molecule has 1 amide bonds. The van der Waals surface area contributed by atoms with E-state index in [4.69, 9.17) is 5.73 Å². The van der Waals surface area contributed by atoms with Crippen LogP contribution >= 0.6 is 23.1 Å².